The van der Waals surface area contributed by atoms with E-state index in [1.54, 1.807) is 13.1 Å². The molecule has 1 amide bonds. The van der Waals surface area contributed by atoms with Gasteiger partial charge in [0, 0.05) is 26.8 Å². The molecule has 1 aromatic rings. The van der Waals surface area contributed by atoms with Crippen LogP contribution in [0.15, 0.2) is 18.2 Å². The van der Waals surface area contributed by atoms with E-state index in [1.165, 1.54) is 12.1 Å². The van der Waals surface area contributed by atoms with Crippen molar-refractivity contribution in [2.45, 2.75) is 13.3 Å². The molecule has 0 aliphatic carbocycles. The Kier molecular flexibility index (Phi) is 6.14. The van der Waals surface area contributed by atoms with E-state index >= 15 is 0 Å². The van der Waals surface area contributed by atoms with Gasteiger partial charge in [0.15, 0.2) is 0 Å². The van der Waals surface area contributed by atoms with E-state index in [2.05, 4.69) is 10.6 Å². The Morgan fingerprint density at radius 2 is 2.22 bits per heavy atom. The van der Waals surface area contributed by atoms with Gasteiger partial charge < -0.3 is 15.4 Å². The summed E-state index contributed by atoms with van der Waals surface area (Å²) in [7, 11) is 1.59. The van der Waals surface area contributed by atoms with Gasteiger partial charge in [-0.1, -0.05) is 6.07 Å². The monoisotopic (exact) mass is 254 g/mol. The first-order chi connectivity index (χ1) is 8.70. The highest BCUT2D eigenvalue weighted by molar-refractivity contribution is 5.99. The average Bonchev–Trinajstić information content (AvgIpc) is 2.38. The van der Waals surface area contributed by atoms with Crippen LogP contribution in [0.1, 0.15) is 23.7 Å². The van der Waals surface area contributed by atoms with Crippen molar-refractivity contribution in [1.29, 1.82) is 0 Å². The quantitative estimate of drug-likeness (QED) is 0.732. The van der Waals surface area contributed by atoms with E-state index in [4.69, 9.17) is 4.74 Å². The molecule has 100 valence electrons. The molecule has 4 nitrogen and oxygen atoms in total. The summed E-state index contributed by atoms with van der Waals surface area (Å²) in [5, 5.41) is 5.43. The molecule has 1 aromatic carbocycles. The van der Waals surface area contributed by atoms with Crippen molar-refractivity contribution in [2.75, 3.05) is 32.1 Å². The first kappa shape index (κ1) is 14.4. The Morgan fingerprint density at radius 1 is 1.44 bits per heavy atom. The number of rotatable bonds is 7. The lowest BCUT2D eigenvalue weighted by Crippen LogP contribution is -2.26. The minimum absolute atomic E-state index is 0.222. The highest BCUT2D eigenvalue weighted by Crippen LogP contribution is 2.18. The van der Waals surface area contributed by atoms with Crippen LogP contribution in [0, 0.1) is 5.82 Å². The number of nitrogens with one attached hydrogen (secondary N) is 2. The van der Waals surface area contributed by atoms with Crippen molar-refractivity contribution < 1.29 is 13.9 Å². The van der Waals surface area contributed by atoms with Gasteiger partial charge in [-0.3, -0.25) is 4.79 Å². The lowest BCUT2D eigenvalue weighted by atomic mass is 10.1. The van der Waals surface area contributed by atoms with Crippen LogP contribution in [0.4, 0.5) is 10.1 Å². The molecule has 0 heterocycles. The van der Waals surface area contributed by atoms with Crippen molar-refractivity contribution in [2.24, 2.45) is 0 Å². The van der Waals surface area contributed by atoms with Gasteiger partial charge in [-0.25, -0.2) is 4.39 Å². The lowest BCUT2D eigenvalue weighted by molar-refractivity contribution is 0.0944. The third-order valence-electron chi connectivity index (χ3n) is 2.46. The second kappa shape index (κ2) is 7.66. The summed E-state index contributed by atoms with van der Waals surface area (Å²) in [6.07, 6.45) is 0.740. The lowest BCUT2D eigenvalue weighted by Gasteiger charge is -2.10. The molecule has 0 aromatic heterocycles. The molecule has 0 unspecified atom stereocenters. The molecule has 0 aliphatic heterocycles. The molecule has 18 heavy (non-hydrogen) atoms. The van der Waals surface area contributed by atoms with Crippen molar-refractivity contribution >= 4 is 11.6 Å². The van der Waals surface area contributed by atoms with E-state index in [-0.39, 0.29) is 11.6 Å². The van der Waals surface area contributed by atoms with Gasteiger partial charge in [0.1, 0.15) is 5.82 Å². The fourth-order valence-electron chi connectivity index (χ4n) is 1.58. The van der Waals surface area contributed by atoms with Gasteiger partial charge in [-0.15, -0.1) is 0 Å². The predicted octanol–water partition coefficient (Wildman–Crippen LogP) is 2.02. The molecule has 0 aliphatic rings. The minimum atomic E-state index is -0.431. The number of benzene rings is 1. The molecule has 2 N–H and O–H groups in total. The molecule has 0 spiro atoms. The van der Waals surface area contributed by atoms with Crippen molar-refractivity contribution in [1.82, 2.24) is 5.32 Å². The number of anilines is 1. The molecule has 0 fully saturated rings. The number of amides is 1. The summed E-state index contributed by atoms with van der Waals surface area (Å²) in [5.74, 6) is -0.713. The van der Waals surface area contributed by atoms with Gasteiger partial charge in [0.05, 0.1) is 11.3 Å². The number of halogens is 1. The van der Waals surface area contributed by atoms with Gasteiger partial charge in [0.2, 0.25) is 0 Å². The zero-order valence-corrected chi connectivity index (χ0v) is 10.8. The molecule has 0 saturated carbocycles. The number of para-hydroxylation sites is 1. The number of hydrogen-bond donors (Lipinski definition) is 2. The Morgan fingerprint density at radius 3 is 2.89 bits per heavy atom. The van der Waals surface area contributed by atoms with E-state index in [1.807, 2.05) is 6.92 Å². The first-order valence-corrected chi connectivity index (χ1v) is 6.03. The molecule has 0 bridgehead atoms. The maximum Gasteiger partial charge on any atom is 0.253 e. The maximum absolute atomic E-state index is 13.4. The third-order valence-corrected chi connectivity index (χ3v) is 2.46. The SMILES string of the molecule is CCOCCCNC(=O)c1cccc(F)c1NC. The van der Waals surface area contributed by atoms with Crippen molar-refractivity contribution in [3.05, 3.63) is 29.6 Å². The Hall–Kier alpha value is -1.62. The number of carbonyl (C=O) groups excluding carboxylic acids is 1. The van der Waals surface area contributed by atoms with E-state index < -0.39 is 5.82 Å². The number of carbonyl (C=O) groups is 1. The minimum Gasteiger partial charge on any atom is -0.385 e. The van der Waals surface area contributed by atoms with Crippen LogP contribution in [0.2, 0.25) is 0 Å². The van der Waals surface area contributed by atoms with Crippen LogP contribution >= 0.6 is 0 Å². The highest BCUT2D eigenvalue weighted by Gasteiger charge is 2.13. The molecule has 5 heteroatoms. The summed E-state index contributed by atoms with van der Waals surface area (Å²) >= 11 is 0. The topological polar surface area (TPSA) is 50.4 Å². The van der Waals surface area contributed by atoms with Gasteiger partial charge >= 0.3 is 0 Å². The molecule has 0 saturated heterocycles. The van der Waals surface area contributed by atoms with E-state index in [0.29, 0.717) is 25.3 Å². The second-order valence-corrected chi connectivity index (χ2v) is 3.72. The number of ether oxygens (including phenoxy) is 1. The van der Waals surface area contributed by atoms with Gasteiger partial charge in [-0.05, 0) is 25.5 Å². The van der Waals surface area contributed by atoms with Crippen LogP contribution in [-0.4, -0.2) is 32.7 Å². The second-order valence-electron chi connectivity index (χ2n) is 3.72. The summed E-state index contributed by atoms with van der Waals surface area (Å²) < 4.78 is 18.6. The molecule has 0 radical (unpaired) electrons. The predicted molar refractivity (Wildman–Crippen MR) is 69.4 cm³/mol. The fraction of sp³-hybridized carbons (Fsp3) is 0.462. The van der Waals surface area contributed by atoms with Gasteiger partial charge in [0.25, 0.3) is 5.91 Å². The fourth-order valence-corrected chi connectivity index (χ4v) is 1.58. The van der Waals surface area contributed by atoms with Gasteiger partial charge in [-0.2, -0.15) is 0 Å². The highest BCUT2D eigenvalue weighted by atomic mass is 19.1. The Bertz CT molecular complexity index is 397. The largest absolute Gasteiger partial charge is 0.385 e. The average molecular weight is 254 g/mol. The molecule has 1 rings (SSSR count). The maximum atomic E-state index is 13.4. The summed E-state index contributed by atoms with van der Waals surface area (Å²) in [4.78, 5) is 11.9. The molecular weight excluding hydrogens is 235 g/mol. The standard InChI is InChI=1S/C13H19FN2O2/c1-3-18-9-5-8-16-13(17)10-6-4-7-11(14)12(10)15-2/h4,6-7,15H,3,5,8-9H2,1-2H3,(H,16,17). The van der Waals surface area contributed by atoms with Crippen LogP contribution in [0.5, 0.6) is 0 Å². The first-order valence-electron chi connectivity index (χ1n) is 6.03. The molecular formula is C13H19FN2O2. The van der Waals surface area contributed by atoms with E-state index in [9.17, 15) is 9.18 Å². The third kappa shape index (κ3) is 4.00. The zero-order valence-electron chi connectivity index (χ0n) is 10.8. The normalized spacial score (nSPS) is 10.2. The van der Waals surface area contributed by atoms with Crippen molar-refractivity contribution in [3.8, 4) is 0 Å². The molecule has 0 atom stereocenters. The summed E-state index contributed by atoms with van der Waals surface area (Å²) in [5.41, 5.74) is 0.536. The smallest absolute Gasteiger partial charge is 0.253 e. The van der Waals surface area contributed by atoms with Crippen LogP contribution in [-0.2, 0) is 4.74 Å². The Labute approximate surface area is 107 Å². The van der Waals surface area contributed by atoms with Crippen LogP contribution < -0.4 is 10.6 Å². The summed E-state index contributed by atoms with van der Waals surface area (Å²) in [6.45, 7) is 3.71. The number of hydrogen-bond acceptors (Lipinski definition) is 3. The van der Waals surface area contributed by atoms with Crippen LogP contribution in [0.3, 0.4) is 0 Å². The zero-order chi connectivity index (χ0) is 13.4. The summed E-state index contributed by atoms with van der Waals surface area (Å²) in [6, 6.07) is 4.43. The Balaban J connectivity index is 2.54. The van der Waals surface area contributed by atoms with Crippen molar-refractivity contribution in [3.63, 3.8) is 0 Å². The van der Waals surface area contributed by atoms with Crippen LogP contribution in [0.25, 0.3) is 0 Å². The van der Waals surface area contributed by atoms with E-state index in [0.717, 1.165) is 6.42 Å².